The molecule has 1 fully saturated rings. The standard InChI is InChI=1S/C32H24ClF3N2O5/c33-17-1-8-24-27(13-17)37-31(41)32(24)25(22-14-18(34)2-9-26(22)36)16-29(40)38-30(32)23-15-19(35)3-10-28(23)43-21-6-4-20(5-7-21)42-12-11-39/h1-10,13-15,25,30,39H,11-12,16H2,(H,37,41)(H,38,40)/t25-,30+,32?/m0/s1. The molecule has 2 amide bonds. The fraction of sp³-hybridized carbons (Fsp3) is 0.188. The molecule has 0 radical (unpaired) electrons. The van der Waals surface area contributed by atoms with Crippen molar-refractivity contribution in [3.8, 4) is 17.2 Å². The molecule has 0 aliphatic carbocycles. The average molecular weight is 609 g/mol. The number of hydrogen-bond acceptors (Lipinski definition) is 5. The molecule has 1 spiro atoms. The van der Waals surface area contributed by atoms with Crippen molar-refractivity contribution < 1.29 is 37.3 Å². The zero-order chi connectivity index (χ0) is 30.3. The van der Waals surface area contributed by atoms with Crippen molar-refractivity contribution in [3.05, 3.63) is 118 Å². The van der Waals surface area contributed by atoms with Crippen LogP contribution in [0.25, 0.3) is 0 Å². The summed E-state index contributed by atoms with van der Waals surface area (Å²) in [6.45, 7) is -0.0525. The summed E-state index contributed by atoms with van der Waals surface area (Å²) in [7, 11) is 0. The molecule has 6 rings (SSSR count). The Morgan fingerprint density at radius 1 is 0.884 bits per heavy atom. The zero-order valence-corrected chi connectivity index (χ0v) is 23.1. The molecule has 2 heterocycles. The van der Waals surface area contributed by atoms with Crippen LogP contribution in [-0.4, -0.2) is 30.1 Å². The van der Waals surface area contributed by atoms with Crippen LogP contribution in [0.4, 0.5) is 18.9 Å². The maximum absolute atomic E-state index is 15.4. The van der Waals surface area contributed by atoms with Crippen molar-refractivity contribution in [2.45, 2.75) is 23.8 Å². The third-order valence-corrected chi connectivity index (χ3v) is 8.01. The van der Waals surface area contributed by atoms with E-state index < -0.39 is 46.6 Å². The Morgan fingerprint density at radius 2 is 1.58 bits per heavy atom. The van der Waals surface area contributed by atoms with Gasteiger partial charge in [-0.2, -0.15) is 0 Å². The molecule has 3 atom stereocenters. The van der Waals surface area contributed by atoms with Gasteiger partial charge in [0.15, 0.2) is 0 Å². The Kier molecular flexibility index (Phi) is 7.49. The third-order valence-electron chi connectivity index (χ3n) is 7.78. The lowest BCUT2D eigenvalue weighted by Crippen LogP contribution is -2.57. The minimum Gasteiger partial charge on any atom is -0.491 e. The second-order valence-corrected chi connectivity index (χ2v) is 10.7. The van der Waals surface area contributed by atoms with Gasteiger partial charge in [0.05, 0.1) is 12.6 Å². The van der Waals surface area contributed by atoms with Gasteiger partial charge in [0.25, 0.3) is 0 Å². The number of carbonyl (C=O) groups is 2. The molecule has 1 saturated heterocycles. The second kappa shape index (κ2) is 11.3. The van der Waals surface area contributed by atoms with Crippen LogP contribution >= 0.6 is 11.6 Å². The lowest BCUT2D eigenvalue weighted by molar-refractivity contribution is -0.131. The summed E-state index contributed by atoms with van der Waals surface area (Å²) in [5.41, 5.74) is -1.11. The first-order valence-corrected chi connectivity index (χ1v) is 13.8. The van der Waals surface area contributed by atoms with Crippen molar-refractivity contribution in [2.24, 2.45) is 0 Å². The van der Waals surface area contributed by atoms with Crippen LogP contribution in [0.5, 0.6) is 17.2 Å². The van der Waals surface area contributed by atoms with E-state index in [1.807, 2.05) is 0 Å². The number of halogens is 4. The van der Waals surface area contributed by atoms with E-state index in [1.54, 1.807) is 36.4 Å². The van der Waals surface area contributed by atoms with Crippen LogP contribution in [0, 0.1) is 17.5 Å². The Labute approximate surface area is 249 Å². The van der Waals surface area contributed by atoms with Crippen LogP contribution < -0.4 is 20.1 Å². The first-order valence-electron chi connectivity index (χ1n) is 13.4. The molecule has 7 nitrogen and oxygen atoms in total. The van der Waals surface area contributed by atoms with Crippen molar-refractivity contribution in [1.29, 1.82) is 0 Å². The van der Waals surface area contributed by atoms with Gasteiger partial charge in [0, 0.05) is 28.6 Å². The van der Waals surface area contributed by atoms with E-state index >= 15 is 4.39 Å². The second-order valence-electron chi connectivity index (χ2n) is 10.3. The van der Waals surface area contributed by atoms with Crippen LogP contribution in [-0.2, 0) is 15.0 Å². The number of rotatable bonds is 7. The first-order chi connectivity index (χ1) is 20.7. The molecule has 4 aromatic rings. The number of benzene rings is 4. The highest BCUT2D eigenvalue weighted by molar-refractivity contribution is 6.31. The Balaban J connectivity index is 1.54. The number of ether oxygens (including phenoxy) is 2. The number of nitrogens with one attached hydrogen (secondary N) is 2. The largest absolute Gasteiger partial charge is 0.491 e. The number of fused-ring (bicyclic) bond motifs is 2. The predicted octanol–water partition coefficient (Wildman–Crippen LogP) is 6.16. The third kappa shape index (κ3) is 5.06. The lowest BCUT2D eigenvalue weighted by Gasteiger charge is -2.46. The molecular formula is C32H24ClF3N2O5. The number of hydrogen-bond donors (Lipinski definition) is 3. The minimum absolute atomic E-state index is 0.105. The number of aliphatic hydroxyl groups is 1. The summed E-state index contributed by atoms with van der Waals surface area (Å²) >= 11 is 6.23. The van der Waals surface area contributed by atoms with E-state index in [0.29, 0.717) is 27.8 Å². The van der Waals surface area contributed by atoms with Crippen LogP contribution in [0.1, 0.15) is 35.1 Å². The molecule has 43 heavy (non-hydrogen) atoms. The van der Waals surface area contributed by atoms with Gasteiger partial charge >= 0.3 is 0 Å². The topological polar surface area (TPSA) is 96.9 Å². The van der Waals surface area contributed by atoms with Crippen molar-refractivity contribution in [2.75, 3.05) is 18.5 Å². The SMILES string of the molecule is O=C1C[C@@H](c2cc(F)ccc2F)C2(C(=O)Nc3cc(Cl)ccc32)[C@@H](c2cc(F)ccc2Oc2ccc(OCCO)cc2)N1. The molecule has 3 N–H and O–H groups in total. The fourth-order valence-electron chi connectivity index (χ4n) is 6.03. The predicted molar refractivity (Wildman–Crippen MR) is 152 cm³/mol. The maximum atomic E-state index is 15.4. The number of carbonyl (C=O) groups excluding carboxylic acids is 2. The minimum atomic E-state index is -1.75. The van der Waals surface area contributed by atoms with Gasteiger partial charge in [-0.15, -0.1) is 0 Å². The van der Waals surface area contributed by atoms with Crippen molar-refractivity contribution >= 4 is 29.1 Å². The van der Waals surface area contributed by atoms with Gasteiger partial charge in [-0.1, -0.05) is 17.7 Å². The van der Waals surface area contributed by atoms with E-state index in [9.17, 15) is 18.4 Å². The highest BCUT2D eigenvalue weighted by atomic mass is 35.5. The highest BCUT2D eigenvalue weighted by Crippen LogP contribution is 2.59. The number of amides is 2. The highest BCUT2D eigenvalue weighted by Gasteiger charge is 2.62. The van der Waals surface area contributed by atoms with E-state index in [0.717, 1.165) is 24.3 Å². The van der Waals surface area contributed by atoms with Gasteiger partial charge in [-0.25, -0.2) is 13.2 Å². The van der Waals surface area contributed by atoms with Crippen molar-refractivity contribution in [3.63, 3.8) is 0 Å². The van der Waals surface area contributed by atoms with Gasteiger partial charge in [0.2, 0.25) is 11.8 Å². The molecule has 1 unspecified atom stereocenters. The lowest BCUT2D eigenvalue weighted by atomic mass is 9.59. The smallest absolute Gasteiger partial charge is 0.238 e. The summed E-state index contributed by atoms with van der Waals surface area (Å²) in [6, 6.07) is 16.4. The quantitative estimate of drug-likeness (QED) is 0.234. The van der Waals surface area contributed by atoms with Gasteiger partial charge in [-0.05, 0) is 83.9 Å². The van der Waals surface area contributed by atoms with E-state index in [4.69, 9.17) is 26.2 Å². The molecule has 0 saturated carbocycles. The number of aliphatic hydroxyl groups excluding tert-OH is 1. The molecule has 220 valence electrons. The normalized spacial score (nSPS) is 20.9. The number of piperidine rings is 1. The summed E-state index contributed by atoms with van der Waals surface area (Å²) in [4.78, 5) is 27.5. The van der Waals surface area contributed by atoms with E-state index in [1.165, 1.54) is 18.2 Å². The molecule has 4 aromatic carbocycles. The Morgan fingerprint density at radius 3 is 2.33 bits per heavy atom. The Bertz CT molecular complexity index is 1740. The summed E-state index contributed by atoms with van der Waals surface area (Å²) in [5.74, 6) is -3.64. The molecular weight excluding hydrogens is 585 g/mol. The molecule has 2 aliphatic rings. The van der Waals surface area contributed by atoms with E-state index in [-0.39, 0.29) is 36.5 Å². The summed E-state index contributed by atoms with van der Waals surface area (Å²) < 4.78 is 56.4. The van der Waals surface area contributed by atoms with Crippen molar-refractivity contribution in [1.82, 2.24) is 5.32 Å². The molecule has 2 aliphatic heterocycles. The monoisotopic (exact) mass is 608 g/mol. The molecule has 11 heteroatoms. The zero-order valence-electron chi connectivity index (χ0n) is 22.4. The van der Waals surface area contributed by atoms with E-state index in [2.05, 4.69) is 10.6 Å². The van der Waals surface area contributed by atoms with Crippen LogP contribution in [0.2, 0.25) is 5.02 Å². The summed E-state index contributed by atoms with van der Waals surface area (Å²) in [6.07, 6.45) is -0.354. The van der Waals surface area contributed by atoms with Gasteiger partial charge in [0.1, 0.15) is 46.7 Å². The van der Waals surface area contributed by atoms with Gasteiger partial charge < -0.3 is 25.2 Å². The first kappa shape index (κ1) is 28.6. The van der Waals surface area contributed by atoms with Gasteiger partial charge in [-0.3, -0.25) is 9.59 Å². The maximum Gasteiger partial charge on any atom is 0.238 e. The Hall–Kier alpha value is -4.54. The van der Waals surface area contributed by atoms with Crippen LogP contribution in [0.15, 0.2) is 78.9 Å². The number of anilines is 1. The molecule has 0 bridgehead atoms. The average Bonchev–Trinajstić information content (AvgIpc) is 3.26. The molecule has 0 aromatic heterocycles. The summed E-state index contributed by atoms with van der Waals surface area (Å²) in [5, 5.41) is 14.9. The fourth-order valence-corrected chi connectivity index (χ4v) is 6.21. The van der Waals surface area contributed by atoms with Crippen LogP contribution in [0.3, 0.4) is 0 Å².